The third-order valence-electron chi connectivity index (χ3n) is 5.78. The minimum absolute atomic E-state index is 0.211. The van der Waals surface area contributed by atoms with Gasteiger partial charge in [-0.2, -0.15) is 0 Å². The number of rotatable bonds is 2. The predicted octanol–water partition coefficient (Wildman–Crippen LogP) is 6.06. The van der Waals surface area contributed by atoms with Crippen LogP contribution in [0.2, 0.25) is 0 Å². The highest BCUT2D eigenvalue weighted by molar-refractivity contribution is 5.78. The zero-order chi connectivity index (χ0) is 15.2. The predicted molar refractivity (Wildman–Crippen MR) is 93.7 cm³/mol. The Morgan fingerprint density at radius 2 is 1.50 bits per heavy atom. The third-order valence-corrected chi connectivity index (χ3v) is 5.78. The standard InChI is InChI=1S/C22H24/c1-22(2)20(16-10-5-3-6-11-16)18-14-9-15-19(18)21(22)17-12-7-4-8-13-17/h3-8,10-13,18,20H,9,14-15H2,1-2H3. The highest BCUT2D eigenvalue weighted by atomic mass is 14.5. The molecule has 2 aliphatic carbocycles. The Balaban J connectivity index is 1.87. The van der Waals surface area contributed by atoms with Crippen molar-refractivity contribution in [2.24, 2.45) is 11.3 Å². The maximum Gasteiger partial charge on any atom is -0.000410 e. The van der Waals surface area contributed by atoms with Gasteiger partial charge in [-0.05, 0) is 53.2 Å². The molecule has 0 heteroatoms. The molecular weight excluding hydrogens is 264 g/mol. The Hall–Kier alpha value is -1.82. The molecule has 0 spiro atoms. The molecule has 2 aromatic carbocycles. The lowest BCUT2D eigenvalue weighted by Gasteiger charge is -2.34. The van der Waals surface area contributed by atoms with Crippen LogP contribution in [0.4, 0.5) is 0 Å². The molecule has 22 heavy (non-hydrogen) atoms. The monoisotopic (exact) mass is 288 g/mol. The second kappa shape index (κ2) is 5.12. The first-order valence-corrected chi connectivity index (χ1v) is 8.53. The summed E-state index contributed by atoms with van der Waals surface area (Å²) < 4.78 is 0. The first-order valence-electron chi connectivity index (χ1n) is 8.53. The number of benzene rings is 2. The number of hydrogen-bond acceptors (Lipinski definition) is 0. The van der Waals surface area contributed by atoms with Crippen LogP contribution in [-0.2, 0) is 0 Å². The van der Waals surface area contributed by atoms with Crippen molar-refractivity contribution in [3.05, 3.63) is 77.4 Å². The Kier molecular flexibility index (Phi) is 3.22. The van der Waals surface area contributed by atoms with Gasteiger partial charge in [0.15, 0.2) is 0 Å². The van der Waals surface area contributed by atoms with E-state index in [0.29, 0.717) is 5.92 Å². The molecule has 0 N–H and O–H groups in total. The summed E-state index contributed by atoms with van der Waals surface area (Å²) in [5, 5.41) is 0. The van der Waals surface area contributed by atoms with E-state index in [1.54, 1.807) is 11.1 Å². The lowest BCUT2D eigenvalue weighted by Crippen LogP contribution is -2.23. The summed E-state index contributed by atoms with van der Waals surface area (Å²) in [4.78, 5) is 0. The highest BCUT2D eigenvalue weighted by Crippen LogP contribution is 2.63. The highest BCUT2D eigenvalue weighted by Gasteiger charge is 2.49. The van der Waals surface area contributed by atoms with Crippen molar-refractivity contribution < 1.29 is 0 Å². The SMILES string of the molecule is CC1(C)C(c2ccccc2)=C2CCCC2C1c1ccccc1. The Labute approximate surface area is 133 Å². The minimum atomic E-state index is 0.211. The molecule has 2 unspecified atom stereocenters. The molecule has 2 aliphatic rings. The smallest absolute Gasteiger partial charge is 0.000410 e. The second-order valence-corrected chi connectivity index (χ2v) is 7.38. The van der Waals surface area contributed by atoms with Crippen molar-refractivity contribution in [3.63, 3.8) is 0 Å². The van der Waals surface area contributed by atoms with Crippen LogP contribution in [0.25, 0.3) is 5.57 Å². The Morgan fingerprint density at radius 1 is 0.864 bits per heavy atom. The summed E-state index contributed by atoms with van der Waals surface area (Å²) >= 11 is 0. The van der Waals surface area contributed by atoms with E-state index < -0.39 is 0 Å². The van der Waals surface area contributed by atoms with Gasteiger partial charge in [0.1, 0.15) is 0 Å². The lowest BCUT2D eigenvalue weighted by atomic mass is 9.69. The normalized spacial score (nSPS) is 26.3. The van der Waals surface area contributed by atoms with Gasteiger partial charge in [0.2, 0.25) is 0 Å². The van der Waals surface area contributed by atoms with Crippen molar-refractivity contribution in [1.29, 1.82) is 0 Å². The quantitative estimate of drug-likeness (QED) is 0.629. The van der Waals surface area contributed by atoms with E-state index in [0.717, 1.165) is 5.92 Å². The summed E-state index contributed by atoms with van der Waals surface area (Å²) in [6, 6.07) is 22.3. The molecule has 4 rings (SSSR count). The fourth-order valence-corrected chi connectivity index (χ4v) is 5.09. The molecule has 112 valence electrons. The first kappa shape index (κ1) is 13.8. The van der Waals surface area contributed by atoms with E-state index >= 15 is 0 Å². The largest absolute Gasteiger partial charge is 0.0622 e. The average molecular weight is 288 g/mol. The molecular formula is C22H24. The van der Waals surface area contributed by atoms with Gasteiger partial charge >= 0.3 is 0 Å². The molecule has 0 amide bonds. The van der Waals surface area contributed by atoms with Gasteiger partial charge in [0, 0.05) is 0 Å². The molecule has 0 aromatic heterocycles. The summed E-state index contributed by atoms with van der Waals surface area (Å²) in [7, 11) is 0. The molecule has 0 aliphatic heterocycles. The third kappa shape index (κ3) is 1.97. The maximum atomic E-state index is 2.46. The van der Waals surface area contributed by atoms with Crippen LogP contribution >= 0.6 is 0 Å². The van der Waals surface area contributed by atoms with Gasteiger partial charge in [0.25, 0.3) is 0 Å². The van der Waals surface area contributed by atoms with E-state index in [1.807, 2.05) is 0 Å². The molecule has 0 saturated heterocycles. The van der Waals surface area contributed by atoms with E-state index in [-0.39, 0.29) is 5.41 Å². The molecule has 1 fully saturated rings. The van der Waals surface area contributed by atoms with E-state index in [2.05, 4.69) is 74.5 Å². The van der Waals surface area contributed by atoms with Crippen molar-refractivity contribution in [2.75, 3.05) is 0 Å². The number of fused-ring (bicyclic) bond motifs is 1. The van der Waals surface area contributed by atoms with Crippen molar-refractivity contribution >= 4 is 5.57 Å². The van der Waals surface area contributed by atoms with Crippen LogP contribution in [0, 0.1) is 11.3 Å². The molecule has 2 aromatic rings. The number of allylic oxidation sites excluding steroid dienone is 2. The van der Waals surface area contributed by atoms with Crippen LogP contribution in [0.3, 0.4) is 0 Å². The summed E-state index contributed by atoms with van der Waals surface area (Å²) in [5.74, 6) is 1.37. The zero-order valence-electron chi connectivity index (χ0n) is 13.5. The fourth-order valence-electron chi connectivity index (χ4n) is 5.09. The second-order valence-electron chi connectivity index (χ2n) is 7.38. The van der Waals surface area contributed by atoms with E-state index in [9.17, 15) is 0 Å². The van der Waals surface area contributed by atoms with E-state index in [4.69, 9.17) is 0 Å². The van der Waals surface area contributed by atoms with Crippen LogP contribution in [-0.4, -0.2) is 0 Å². The molecule has 0 bridgehead atoms. The molecule has 0 nitrogen and oxygen atoms in total. The Morgan fingerprint density at radius 3 is 2.18 bits per heavy atom. The van der Waals surface area contributed by atoms with E-state index in [1.165, 1.54) is 30.4 Å². The topological polar surface area (TPSA) is 0 Å². The van der Waals surface area contributed by atoms with Crippen LogP contribution in [0.5, 0.6) is 0 Å². The lowest BCUT2D eigenvalue weighted by molar-refractivity contribution is 0.340. The van der Waals surface area contributed by atoms with Gasteiger partial charge in [-0.25, -0.2) is 0 Å². The van der Waals surface area contributed by atoms with Crippen molar-refractivity contribution in [3.8, 4) is 0 Å². The van der Waals surface area contributed by atoms with Gasteiger partial charge in [-0.3, -0.25) is 0 Å². The molecule has 1 saturated carbocycles. The van der Waals surface area contributed by atoms with Crippen LogP contribution in [0.1, 0.15) is 50.2 Å². The van der Waals surface area contributed by atoms with Gasteiger partial charge in [0.05, 0.1) is 0 Å². The number of hydrogen-bond donors (Lipinski definition) is 0. The summed E-state index contributed by atoms with van der Waals surface area (Å²) in [6.45, 7) is 4.91. The average Bonchev–Trinajstić information content (AvgIpc) is 3.05. The zero-order valence-corrected chi connectivity index (χ0v) is 13.5. The van der Waals surface area contributed by atoms with Gasteiger partial charge in [-0.1, -0.05) is 80.1 Å². The maximum absolute atomic E-state index is 2.46. The fraction of sp³-hybridized carbons (Fsp3) is 0.364. The van der Waals surface area contributed by atoms with Crippen LogP contribution < -0.4 is 0 Å². The molecule has 0 heterocycles. The summed E-state index contributed by atoms with van der Waals surface area (Å²) in [5.41, 5.74) is 6.54. The molecule has 2 atom stereocenters. The van der Waals surface area contributed by atoms with Crippen LogP contribution in [0.15, 0.2) is 66.2 Å². The Bertz CT molecular complexity index is 691. The van der Waals surface area contributed by atoms with Crippen molar-refractivity contribution in [1.82, 2.24) is 0 Å². The minimum Gasteiger partial charge on any atom is -0.0622 e. The van der Waals surface area contributed by atoms with Gasteiger partial charge < -0.3 is 0 Å². The van der Waals surface area contributed by atoms with Gasteiger partial charge in [-0.15, -0.1) is 0 Å². The molecule has 0 radical (unpaired) electrons. The first-order chi connectivity index (χ1) is 10.7. The van der Waals surface area contributed by atoms with Crippen molar-refractivity contribution in [2.45, 2.75) is 39.0 Å². The summed E-state index contributed by atoms with van der Waals surface area (Å²) in [6.07, 6.45) is 4.01.